The molecule has 1 N–H and O–H groups in total. The number of nitrogens with zero attached hydrogens (tertiary/aromatic N) is 1. The number of carbonyl (C=O) groups is 1. The Kier molecular flexibility index (Phi) is 7.63. The van der Waals surface area contributed by atoms with Gasteiger partial charge in [-0.15, -0.1) is 0 Å². The lowest BCUT2D eigenvalue weighted by atomic mass is 10.1. The number of carbonyl (C=O) groups excluding carboxylic acids is 1. The van der Waals surface area contributed by atoms with Gasteiger partial charge in [0, 0.05) is 6.54 Å². The van der Waals surface area contributed by atoms with Crippen molar-refractivity contribution in [2.45, 2.75) is 51.9 Å². The second kappa shape index (κ2) is 9.73. The molecule has 0 aliphatic carbocycles. The van der Waals surface area contributed by atoms with Gasteiger partial charge in [0.1, 0.15) is 6.54 Å². The Labute approximate surface area is 168 Å². The molecule has 0 saturated heterocycles. The minimum Gasteiger partial charge on any atom is -0.355 e. The summed E-state index contributed by atoms with van der Waals surface area (Å²) in [4.78, 5) is 12.7. The minimum atomic E-state index is -3.86. The molecule has 152 valence electrons. The topological polar surface area (TPSA) is 66.5 Å². The van der Waals surface area contributed by atoms with Gasteiger partial charge in [0.05, 0.1) is 10.6 Å². The molecule has 5 nitrogen and oxygen atoms in total. The first-order chi connectivity index (χ1) is 13.3. The Bertz CT molecular complexity index is 906. The van der Waals surface area contributed by atoms with Crippen LogP contribution in [0.3, 0.4) is 0 Å². The molecule has 1 amide bonds. The van der Waals surface area contributed by atoms with Gasteiger partial charge in [-0.05, 0) is 51.0 Å². The molecule has 2 aromatic rings. The van der Waals surface area contributed by atoms with E-state index in [9.17, 15) is 13.2 Å². The summed E-state index contributed by atoms with van der Waals surface area (Å²) in [6.07, 6.45) is 2.98. The molecule has 2 aromatic carbocycles. The fourth-order valence-electron chi connectivity index (χ4n) is 3.01. The predicted molar refractivity (Wildman–Crippen MR) is 114 cm³/mol. The maximum Gasteiger partial charge on any atom is 0.264 e. The van der Waals surface area contributed by atoms with Crippen molar-refractivity contribution in [3.8, 4) is 0 Å². The monoisotopic (exact) mass is 402 g/mol. The van der Waals surface area contributed by atoms with Crippen molar-refractivity contribution < 1.29 is 13.2 Å². The van der Waals surface area contributed by atoms with Crippen LogP contribution in [-0.2, 0) is 14.8 Å². The predicted octanol–water partition coefficient (Wildman–Crippen LogP) is 4.11. The number of anilines is 1. The highest BCUT2D eigenvalue weighted by molar-refractivity contribution is 7.92. The first kappa shape index (κ1) is 22.0. The molecule has 28 heavy (non-hydrogen) atoms. The Morgan fingerprint density at radius 2 is 1.61 bits per heavy atom. The lowest BCUT2D eigenvalue weighted by Crippen LogP contribution is -2.41. The molecule has 0 unspecified atom stereocenters. The van der Waals surface area contributed by atoms with Crippen LogP contribution >= 0.6 is 0 Å². The molecule has 2 rings (SSSR count). The molecule has 0 heterocycles. The summed E-state index contributed by atoms with van der Waals surface area (Å²) in [6, 6.07) is 12.2. The molecule has 0 spiro atoms. The molecular weight excluding hydrogens is 372 g/mol. The van der Waals surface area contributed by atoms with E-state index in [0.717, 1.165) is 36.0 Å². The summed E-state index contributed by atoms with van der Waals surface area (Å²) in [5, 5.41) is 2.84. The smallest absolute Gasteiger partial charge is 0.264 e. The molecule has 0 fully saturated rings. The van der Waals surface area contributed by atoms with E-state index < -0.39 is 10.0 Å². The quantitative estimate of drug-likeness (QED) is 0.642. The lowest BCUT2D eigenvalue weighted by Gasteiger charge is -2.26. The minimum absolute atomic E-state index is 0.178. The van der Waals surface area contributed by atoms with Crippen molar-refractivity contribution in [1.29, 1.82) is 0 Å². The van der Waals surface area contributed by atoms with Crippen LogP contribution in [0.2, 0.25) is 0 Å². The zero-order valence-electron chi connectivity index (χ0n) is 17.2. The second-order valence-corrected chi connectivity index (χ2v) is 9.03. The van der Waals surface area contributed by atoms with Gasteiger partial charge in [0.15, 0.2) is 0 Å². The van der Waals surface area contributed by atoms with Crippen molar-refractivity contribution in [3.63, 3.8) is 0 Å². The third-order valence-electron chi connectivity index (χ3n) is 4.62. The summed E-state index contributed by atoms with van der Waals surface area (Å²) < 4.78 is 27.9. The average molecular weight is 403 g/mol. The molecule has 0 aliphatic heterocycles. The summed E-state index contributed by atoms with van der Waals surface area (Å²) in [5.41, 5.74) is 3.35. The maximum atomic E-state index is 13.3. The van der Waals surface area contributed by atoms with E-state index in [1.807, 2.05) is 32.9 Å². The van der Waals surface area contributed by atoms with E-state index >= 15 is 0 Å². The number of unbranched alkanes of at least 4 members (excludes halogenated alkanes) is 2. The highest BCUT2D eigenvalue weighted by atomic mass is 32.2. The lowest BCUT2D eigenvalue weighted by molar-refractivity contribution is -0.119. The molecule has 0 aliphatic rings. The maximum absolute atomic E-state index is 13.3. The summed E-state index contributed by atoms with van der Waals surface area (Å²) in [6.45, 7) is 8.12. The molecule has 0 radical (unpaired) electrons. The van der Waals surface area contributed by atoms with Gasteiger partial charge >= 0.3 is 0 Å². The largest absolute Gasteiger partial charge is 0.355 e. The van der Waals surface area contributed by atoms with E-state index in [4.69, 9.17) is 0 Å². The van der Waals surface area contributed by atoms with Crippen molar-refractivity contribution in [2.75, 3.05) is 17.4 Å². The third kappa shape index (κ3) is 5.58. The fraction of sp³-hybridized carbons (Fsp3) is 0.409. The molecule has 0 atom stereocenters. The molecular formula is C22H30N2O3S. The van der Waals surface area contributed by atoms with E-state index in [1.165, 1.54) is 4.31 Å². The number of rotatable bonds is 9. The molecule has 0 aromatic heterocycles. The van der Waals surface area contributed by atoms with Gasteiger partial charge in [-0.2, -0.15) is 0 Å². The van der Waals surface area contributed by atoms with Crippen LogP contribution in [0, 0.1) is 20.8 Å². The average Bonchev–Trinajstić information content (AvgIpc) is 2.64. The highest BCUT2D eigenvalue weighted by Crippen LogP contribution is 2.27. The van der Waals surface area contributed by atoms with Gasteiger partial charge in [0.2, 0.25) is 5.91 Å². The third-order valence-corrected chi connectivity index (χ3v) is 6.39. The Hall–Kier alpha value is -2.34. The van der Waals surface area contributed by atoms with Crippen LogP contribution in [0.5, 0.6) is 0 Å². The summed E-state index contributed by atoms with van der Waals surface area (Å²) in [7, 11) is -3.86. The van der Waals surface area contributed by atoms with Crippen molar-refractivity contribution in [3.05, 3.63) is 59.2 Å². The van der Waals surface area contributed by atoms with Gasteiger partial charge in [-0.25, -0.2) is 8.42 Å². The van der Waals surface area contributed by atoms with E-state index in [1.54, 1.807) is 30.3 Å². The Morgan fingerprint density at radius 1 is 0.964 bits per heavy atom. The number of nitrogens with one attached hydrogen (secondary N) is 1. The molecule has 6 heteroatoms. The first-order valence-electron chi connectivity index (χ1n) is 9.69. The zero-order valence-corrected chi connectivity index (χ0v) is 18.0. The Morgan fingerprint density at radius 3 is 2.21 bits per heavy atom. The number of amides is 1. The normalized spacial score (nSPS) is 11.3. The van der Waals surface area contributed by atoms with Gasteiger partial charge in [0.25, 0.3) is 10.0 Å². The number of aryl methyl sites for hydroxylation is 3. The van der Waals surface area contributed by atoms with E-state index in [0.29, 0.717) is 12.2 Å². The first-order valence-corrected chi connectivity index (χ1v) is 11.1. The van der Waals surface area contributed by atoms with E-state index in [2.05, 4.69) is 12.2 Å². The van der Waals surface area contributed by atoms with Crippen LogP contribution in [0.4, 0.5) is 5.69 Å². The Balaban J connectivity index is 2.35. The van der Waals surface area contributed by atoms with Crippen LogP contribution in [0.1, 0.15) is 42.9 Å². The highest BCUT2D eigenvalue weighted by Gasteiger charge is 2.28. The van der Waals surface area contributed by atoms with E-state index in [-0.39, 0.29) is 17.3 Å². The van der Waals surface area contributed by atoms with Crippen molar-refractivity contribution >= 4 is 21.6 Å². The number of sulfonamides is 1. The van der Waals surface area contributed by atoms with Gasteiger partial charge < -0.3 is 5.32 Å². The van der Waals surface area contributed by atoms with Gasteiger partial charge in [-0.1, -0.05) is 55.2 Å². The molecule has 0 bridgehead atoms. The van der Waals surface area contributed by atoms with Crippen LogP contribution in [0.15, 0.2) is 47.4 Å². The van der Waals surface area contributed by atoms with Crippen LogP contribution < -0.4 is 9.62 Å². The fourth-order valence-corrected chi connectivity index (χ4v) is 4.50. The number of hydrogen-bond acceptors (Lipinski definition) is 3. The van der Waals surface area contributed by atoms with Crippen molar-refractivity contribution in [1.82, 2.24) is 5.32 Å². The standard InChI is InChI=1S/C22H30N2O3S/c1-5-6-7-14-23-22(25)16-24(21-13-10-18(3)15-19(21)4)28(26,27)20-11-8-17(2)9-12-20/h8-13,15H,5-7,14,16H2,1-4H3,(H,23,25). The van der Waals surface area contributed by atoms with Crippen molar-refractivity contribution in [2.24, 2.45) is 0 Å². The SMILES string of the molecule is CCCCCNC(=O)CN(c1ccc(C)cc1C)S(=O)(=O)c1ccc(C)cc1. The zero-order chi connectivity index (χ0) is 20.7. The number of benzene rings is 2. The summed E-state index contributed by atoms with van der Waals surface area (Å²) >= 11 is 0. The number of hydrogen-bond donors (Lipinski definition) is 1. The van der Waals surface area contributed by atoms with Gasteiger partial charge in [-0.3, -0.25) is 9.10 Å². The molecule has 0 saturated carbocycles. The van der Waals surface area contributed by atoms with Crippen LogP contribution in [-0.4, -0.2) is 27.4 Å². The van der Waals surface area contributed by atoms with Crippen LogP contribution in [0.25, 0.3) is 0 Å². The second-order valence-electron chi connectivity index (χ2n) is 7.17. The summed E-state index contributed by atoms with van der Waals surface area (Å²) in [5.74, 6) is -0.299.